The molecule has 1 aliphatic heterocycles. The van der Waals surface area contributed by atoms with Gasteiger partial charge in [0.2, 0.25) is 0 Å². The predicted octanol–water partition coefficient (Wildman–Crippen LogP) is 2.35. The quantitative estimate of drug-likeness (QED) is 0.847. The Morgan fingerprint density at radius 1 is 1.31 bits per heavy atom. The summed E-state index contributed by atoms with van der Waals surface area (Å²) in [6, 6.07) is 6.23. The number of aliphatic hydroxyl groups is 1. The Bertz CT molecular complexity index is 336. The monoisotopic (exact) mass is 223 g/mol. The molecule has 0 radical (unpaired) electrons. The van der Waals surface area contributed by atoms with Crippen molar-refractivity contribution in [2.24, 2.45) is 0 Å². The summed E-state index contributed by atoms with van der Waals surface area (Å²) in [5, 5.41) is 9.91. The molecule has 0 saturated carbocycles. The first kappa shape index (κ1) is 11.6. The summed E-state index contributed by atoms with van der Waals surface area (Å²) in [5.74, 6) is -0.280. The topological polar surface area (TPSA) is 23.5 Å². The third-order valence-electron chi connectivity index (χ3n) is 3.15. The lowest BCUT2D eigenvalue weighted by atomic mass is 10.1. The highest BCUT2D eigenvalue weighted by Gasteiger charge is 2.14. The molecule has 1 unspecified atom stereocenters. The van der Waals surface area contributed by atoms with E-state index in [1.807, 2.05) is 0 Å². The van der Waals surface area contributed by atoms with Crippen molar-refractivity contribution >= 4 is 0 Å². The SMILES string of the molecule is OC(CCN1CCCC1)c1cccc(F)c1. The minimum Gasteiger partial charge on any atom is -0.388 e. The fraction of sp³-hybridized carbons (Fsp3) is 0.538. The van der Waals surface area contributed by atoms with Crippen molar-refractivity contribution < 1.29 is 9.50 Å². The summed E-state index contributed by atoms with van der Waals surface area (Å²) in [7, 11) is 0. The van der Waals surface area contributed by atoms with Crippen LogP contribution in [0.4, 0.5) is 4.39 Å². The fourth-order valence-electron chi connectivity index (χ4n) is 2.19. The van der Waals surface area contributed by atoms with Gasteiger partial charge < -0.3 is 10.0 Å². The molecule has 3 heteroatoms. The van der Waals surface area contributed by atoms with E-state index in [1.54, 1.807) is 12.1 Å². The fourth-order valence-corrected chi connectivity index (χ4v) is 2.19. The van der Waals surface area contributed by atoms with Gasteiger partial charge in [-0.25, -0.2) is 4.39 Å². The first-order valence-electron chi connectivity index (χ1n) is 5.91. The summed E-state index contributed by atoms with van der Waals surface area (Å²) in [4.78, 5) is 2.35. The van der Waals surface area contributed by atoms with Crippen molar-refractivity contribution in [3.8, 4) is 0 Å². The Balaban J connectivity index is 1.85. The molecule has 2 rings (SSSR count). The third kappa shape index (κ3) is 3.03. The third-order valence-corrected chi connectivity index (χ3v) is 3.15. The number of aliphatic hydroxyl groups excluding tert-OH is 1. The van der Waals surface area contributed by atoms with Gasteiger partial charge in [-0.1, -0.05) is 12.1 Å². The van der Waals surface area contributed by atoms with Gasteiger partial charge in [0.25, 0.3) is 0 Å². The van der Waals surface area contributed by atoms with Crippen LogP contribution in [0.15, 0.2) is 24.3 Å². The van der Waals surface area contributed by atoms with Crippen LogP contribution in [-0.2, 0) is 0 Å². The number of rotatable bonds is 4. The molecule has 0 aromatic heterocycles. The number of hydrogen-bond donors (Lipinski definition) is 1. The van der Waals surface area contributed by atoms with E-state index in [-0.39, 0.29) is 5.82 Å². The molecule has 88 valence electrons. The molecule has 0 amide bonds. The average Bonchev–Trinajstić information content (AvgIpc) is 2.78. The van der Waals surface area contributed by atoms with E-state index < -0.39 is 6.10 Å². The van der Waals surface area contributed by atoms with Gasteiger partial charge in [-0.15, -0.1) is 0 Å². The minimum atomic E-state index is -0.545. The molecule has 1 N–H and O–H groups in total. The Labute approximate surface area is 95.7 Å². The van der Waals surface area contributed by atoms with Crippen molar-refractivity contribution in [2.45, 2.75) is 25.4 Å². The van der Waals surface area contributed by atoms with Crippen LogP contribution < -0.4 is 0 Å². The molecule has 16 heavy (non-hydrogen) atoms. The molecule has 2 nitrogen and oxygen atoms in total. The van der Waals surface area contributed by atoms with E-state index >= 15 is 0 Å². The second-order valence-corrected chi connectivity index (χ2v) is 4.41. The summed E-state index contributed by atoms with van der Waals surface area (Å²) in [6.45, 7) is 3.17. The zero-order chi connectivity index (χ0) is 11.4. The van der Waals surface area contributed by atoms with Crippen LogP contribution in [0.3, 0.4) is 0 Å². The second-order valence-electron chi connectivity index (χ2n) is 4.41. The Morgan fingerprint density at radius 3 is 2.75 bits per heavy atom. The summed E-state index contributed by atoms with van der Waals surface area (Å²) in [5.41, 5.74) is 0.680. The van der Waals surface area contributed by atoms with Crippen LogP contribution >= 0.6 is 0 Å². The van der Waals surface area contributed by atoms with E-state index in [4.69, 9.17) is 0 Å². The van der Waals surface area contributed by atoms with Crippen molar-refractivity contribution in [3.05, 3.63) is 35.6 Å². The van der Waals surface area contributed by atoms with Crippen LogP contribution in [0.1, 0.15) is 30.9 Å². The van der Waals surface area contributed by atoms with Crippen LogP contribution in [0.2, 0.25) is 0 Å². The van der Waals surface area contributed by atoms with Crippen molar-refractivity contribution in [1.82, 2.24) is 4.90 Å². The van der Waals surface area contributed by atoms with Crippen molar-refractivity contribution in [2.75, 3.05) is 19.6 Å². The highest BCUT2D eigenvalue weighted by molar-refractivity contribution is 5.18. The molecule has 1 fully saturated rings. The molecular formula is C13H18FNO. The number of likely N-dealkylation sites (tertiary alicyclic amines) is 1. The average molecular weight is 223 g/mol. The number of benzene rings is 1. The van der Waals surface area contributed by atoms with Gasteiger partial charge in [0.15, 0.2) is 0 Å². The molecular weight excluding hydrogens is 205 g/mol. The lowest BCUT2D eigenvalue weighted by molar-refractivity contribution is 0.148. The van der Waals surface area contributed by atoms with Crippen LogP contribution in [0, 0.1) is 5.82 Å². The molecule has 1 saturated heterocycles. The second kappa shape index (κ2) is 5.41. The van der Waals surface area contributed by atoms with E-state index in [2.05, 4.69) is 4.90 Å². The normalized spacial score (nSPS) is 18.9. The zero-order valence-corrected chi connectivity index (χ0v) is 9.40. The number of hydrogen-bond acceptors (Lipinski definition) is 2. The summed E-state index contributed by atoms with van der Waals surface area (Å²) < 4.78 is 12.9. The van der Waals surface area contributed by atoms with Gasteiger partial charge in [-0.2, -0.15) is 0 Å². The van der Waals surface area contributed by atoms with Crippen LogP contribution in [0.25, 0.3) is 0 Å². The lowest BCUT2D eigenvalue weighted by Crippen LogP contribution is -2.22. The largest absolute Gasteiger partial charge is 0.388 e. The number of halogens is 1. The smallest absolute Gasteiger partial charge is 0.123 e. The molecule has 1 aromatic rings. The Morgan fingerprint density at radius 2 is 2.06 bits per heavy atom. The standard InChI is InChI=1S/C13H18FNO/c14-12-5-3-4-11(10-12)13(16)6-9-15-7-1-2-8-15/h3-5,10,13,16H,1-2,6-9H2. The van der Waals surface area contributed by atoms with Gasteiger partial charge in [-0.3, -0.25) is 0 Å². The molecule has 1 atom stereocenters. The highest BCUT2D eigenvalue weighted by Crippen LogP contribution is 2.19. The van der Waals surface area contributed by atoms with E-state index in [1.165, 1.54) is 25.0 Å². The van der Waals surface area contributed by atoms with Crippen molar-refractivity contribution in [1.29, 1.82) is 0 Å². The maximum Gasteiger partial charge on any atom is 0.123 e. The van der Waals surface area contributed by atoms with E-state index in [9.17, 15) is 9.50 Å². The first-order chi connectivity index (χ1) is 7.75. The Hall–Kier alpha value is -0.930. The van der Waals surface area contributed by atoms with Crippen LogP contribution in [0.5, 0.6) is 0 Å². The van der Waals surface area contributed by atoms with Gasteiger partial charge >= 0.3 is 0 Å². The highest BCUT2D eigenvalue weighted by atomic mass is 19.1. The maximum absolute atomic E-state index is 12.9. The van der Waals surface area contributed by atoms with Gasteiger partial charge in [-0.05, 0) is 50.0 Å². The molecule has 0 aliphatic carbocycles. The lowest BCUT2D eigenvalue weighted by Gasteiger charge is -2.17. The van der Waals surface area contributed by atoms with E-state index in [0.717, 1.165) is 19.6 Å². The summed E-state index contributed by atoms with van der Waals surface area (Å²) >= 11 is 0. The molecule has 1 heterocycles. The molecule has 1 aromatic carbocycles. The van der Waals surface area contributed by atoms with Gasteiger partial charge in [0.1, 0.15) is 5.82 Å². The summed E-state index contributed by atoms with van der Waals surface area (Å²) in [6.07, 6.45) is 2.66. The molecule has 0 spiro atoms. The predicted molar refractivity (Wildman–Crippen MR) is 61.7 cm³/mol. The van der Waals surface area contributed by atoms with E-state index in [0.29, 0.717) is 12.0 Å². The first-order valence-corrected chi connectivity index (χ1v) is 5.91. The maximum atomic E-state index is 12.9. The minimum absolute atomic E-state index is 0.280. The Kier molecular flexibility index (Phi) is 3.91. The van der Waals surface area contributed by atoms with Crippen LogP contribution in [-0.4, -0.2) is 29.6 Å². The molecule has 1 aliphatic rings. The molecule has 0 bridgehead atoms. The van der Waals surface area contributed by atoms with Crippen molar-refractivity contribution in [3.63, 3.8) is 0 Å². The van der Waals surface area contributed by atoms with Gasteiger partial charge in [0.05, 0.1) is 6.10 Å². The van der Waals surface area contributed by atoms with Gasteiger partial charge in [0, 0.05) is 6.54 Å². The number of nitrogens with zero attached hydrogens (tertiary/aromatic N) is 1. The zero-order valence-electron chi connectivity index (χ0n) is 9.40.